The average Bonchev–Trinajstić information content (AvgIpc) is 3.08. The third kappa shape index (κ3) is 4.80. The highest BCUT2D eigenvalue weighted by molar-refractivity contribution is 7.90. The second kappa shape index (κ2) is 7.71. The molecule has 10 heteroatoms. The van der Waals surface area contributed by atoms with Crippen molar-refractivity contribution in [3.8, 4) is 11.3 Å². The van der Waals surface area contributed by atoms with E-state index in [9.17, 15) is 21.6 Å². The van der Waals surface area contributed by atoms with Gasteiger partial charge in [-0.1, -0.05) is 0 Å². The van der Waals surface area contributed by atoms with Crippen molar-refractivity contribution in [2.75, 3.05) is 0 Å². The summed E-state index contributed by atoms with van der Waals surface area (Å²) in [4.78, 5) is 10.6. The number of nitrogens with one attached hydrogen (secondary N) is 2. The van der Waals surface area contributed by atoms with Crippen molar-refractivity contribution < 1.29 is 21.6 Å². The molecule has 0 spiro atoms. The van der Waals surface area contributed by atoms with Crippen LogP contribution in [-0.2, 0) is 16.2 Å². The Kier molecular flexibility index (Phi) is 5.79. The van der Waals surface area contributed by atoms with Crippen molar-refractivity contribution in [1.29, 1.82) is 0 Å². The minimum Gasteiger partial charge on any atom is -0.338 e. The molecule has 0 atom stereocenters. The van der Waals surface area contributed by atoms with Crippen LogP contribution in [0.25, 0.3) is 11.3 Å². The molecule has 1 aliphatic rings. The standard InChI is InChI=1S/C19H25F3N4O2S/c1-18(2,3)29(27,28)26-14-8-6-12(7-9-14)17-24-15(13-5-4-10-23-11-13)16(25-17)19(20,21)22/h4-5,10-12,14,26H,6-9H2,1-3H3,(H,24,25)/t12-,14-. The predicted molar refractivity (Wildman–Crippen MR) is 104 cm³/mol. The molecule has 0 aromatic carbocycles. The summed E-state index contributed by atoms with van der Waals surface area (Å²) in [6, 6.07) is 2.89. The van der Waals surface area contributed by atoms with Gasteiger partial charge in [-0.05, 0) is 58.6 Å². The fourth-order valence-electron chi connectivity index (χ4n) is 3.38. The lowest BCUT2D eigenvalue weighted by atomic mass is 9.86. The van der Waals surface area contributed by atoms with Gasteiger partial charge in [0.2, 0.25) is 10.0 Å². The second-order valence-corrected chi connectivity index (χ2v) is 10.8. The van der Waals surface area contributed by atoms with E-state index in [0.717, 1.165) is 0 Å². The predicted octanol–water partition coefficient (Wildman–Crippen LogP) is 4.23. The van der Waals surface area contributed by atoms with E-state index in [1.165, 1.54) is 12.4 Å². The van der Waals surface area contributed by atoms with Gasteiger partial charge in [0.25, 0.3) is 0 Å². The molecule has 1 fully saturated rings. The summed E-state index contributed by atoms with van der Waals surface area (Å²) < 4.78 is 67.0. The molecule has 2 heterocycles. The minimum atomic E-state index is -4.56. The van der Waals surface area contributed by atoms with E-state index in [0.29, 0.717) is 31.2 Å². The number of pyridine rings is 1. The van der Waals surface area contributed by atoms with Crippen LogP contribution in [0, 0.1) is 0 Å². The number of hydrogen-bond donors (Lipinski definition) is 2. The lowest BCUT2D eigenvalue weighted by Gasteiger charge is -2.30. The topological polar surface area (TPSA) is 87.7 Å². The van der Waals surface area contributed by atoms with Crippen LogP contribution in [0.5, 0.6) is 0 Å². The van der Waals surface area contributed by atoms with Crippen LogP contribution in [0.15, 0.2) is 24.5 Å². The third-order valence-corrected chi connectivity index (χ3v) is 7.44. The fraction of sp³-hybridized carbons (Fsp3) is 0.579. The molecule has 2 N–H and O–H groups in total. The summed E-state index contributed by atoms with van der Waals surface area (Å²) in [7, 11) is -3.47. The van der Waals surface area contributed by atoms with Crippen LogP contribution in [0.2, 0.25) is 0 Å². The minimum absolute atomic E-state index is 0.156. The normalized spacial score (nSPS) is 21.3. The number of H-pyrrole nitrogens is 1. The van der Waals surface area contributed by atoms with Crippen LogP contribution in [0.3, 0.4) is 0 Å². The molecule has 0 saturated heterocycles. The van der Waals surface area contributed by atoms with Crippen molar-refractivity contribution in [1.82, 2.24) is 19.7 Å². The number of halogens is 3. The molecule has 3 rings (SSSR count). The Hall–Kier alpha value is -1.94. The molecule has 0 bridgehead atoms. The highest BCUT2D eigenvalue weighted by Crippen LogP contribution is 2.39. The summed E-state index contributed by atoms with van der Waals surface area (Å²) in [5, 5.41) is 0. The van der Waals surface area contributed by atoms with Crippen LogP contribution >= 0.6 is 0 Å². The molecule has 6 nitrogen and oxygen atoms in total. The van der Waals surface area contributed by atoms with E-state index in [-0.39, 0.29) is 23.5 Å². The molecular formula is C19H25F3N4O2S. The molecule has 0 aliphatic heterocycles. The van der Waals surface area contributed by atoms with Crippen LogP contribution < -0.4 is 4.72 Å². The lowest BCUT2D eigenvalue weighted by Crippen LogP contribution is -2.45. The van der Waals surface area contributed by atoms with Gasteiger partial charge in [0.15, 0.2) is 0 Å². The van der Waals surface area contributed by atoms with E-state index in [4.69, 9.17) is 0 Å². The Labute approximate surface area is 168 Å². The van der Waals surface area contributed by atoms with E-state index in [2.05, 4.69) is 19.7 Å². The maximum absolute atomic E-state index is 13.5. The molecular weight excluding hydrogens is 405 g/mol. The lowest BCUT2D eigenvalue weighted by molar-refractivity contribution is -0.140. The second-order valence-electron chi connectivity index (χ2n) is 8.37. The van der Waals surface area contributed by atoms with Crippen molar-refractivity contribution in [2.45, 2.75) is 69.3 Å². The number of hydrogen-bond acceptors (Lipinski definition) is 4. The summed E-state index contributed by atoms with van der Waals surface area (Å²) in [6.07, 6.45) is 0.478. The van der Waals surface area contributed by atoms with Gasteiger partial charge in [-0.3, -0.25) is 4.98 Å². The third-order valence-electron chi connectivity index (χ3n) is 5.18. The summed E-state index contributed by atoms with van der Waals surface area (Å²) >= 11 is 0. The van der Waals surface area contributed by atoms with Gasteiger partial charge >= 0.3 is 6.18 Å². The molecule has 2 aromatic heterocycles. The SMILES string of the molecule is CC(C)(C)S(=O)(=O)N[C@H]1CC[C@H](c2nc(-c3cccnc3)c(C(F)(F)F)[nH]2)CC1. The number of sulfonamides is 1. The van der Waals surface area contributed by atoms with Crippen molar-refractivity contribution in [3.63, 3.8) is 0 Å². The number of imidazole rings is 1. The first-order chi connectivity index (χ1) is 13.4. The van der Waals surface area contributed by atoms with Crippen molar-refractivity contribution in [3.05, 3.63) is 36.0 Å². The van der Waals surface area contributed by atoms with Crippen molar-refractivity contribution in [2.24, 2.45) is 0 Å². The highest BCUT2D eigenvalue weighted by atomic mass is 32.2. The Balaban J connectivity index is 1.77. The van der Waals surface area contributed by atoms with E-state index in [1.807, 2.05) is 0 Å². The van der Waals surface area contributed by atoms with Crippen LogP contribution in [-0.4, -0.2) is 34.2 Å². The Bertz CT molecular complexity index is 942. The summed E-state index contributed by atoms with van der Waals surface area (Å²) in [6.45, 7) is 4.88. The smallest absolute Gasteiger partial charge is 0.338 e. The van der Waals surface area contributed by atoms with E-state index < -0.39 is 26.6 Å². The first-order valence-electron chi connectivity index (χ1n) is 9.48. The first-order valence-corrected chi connectivity index (χ1v) is 11.0. The van der Waals surface area contributed by atoms with Crippen LogP contribution in [0.4, 0.5) is 13.2 Å². The number of rotatable bonds is 4. The van der Waals surface area contributed by atoms with Gasteiger partial charge in [-0.15, -0.1) is 0 Å². The molecule has 2 aromatic rings. The number of aromatic nitrogens is 3. The molecule has 0 amide bonds. The van der Waals surface area contributed by atoms with Gasteiger partial charge in [-0.25, -0.2) is 18.1 Å². The fourth-order valence-corrected chi connectivity index (χ4v) is 4.41. The van der Waals surface area contributed by atoms with Gasteiger partial charge in [-0.2, -0.15) is 13.2 Å². The van der Waals surface area contributed by atoms with E-state index in [1.54, 1.807) is 32.9 Å². The zero-order valence-corrected chi connectivity index (χ0v) is 17.4. The quantitative estimate of drug-likeness (QED) is 0.760. The van der Waals surface area contributed by atoms with Crippen LogP contribution in [0.1, 0.15) is 63.9 Å². The number of nitrogens with zero attached hydrogens (tertiary/aromatic N) is 2. The maximum atomic E-state index is 13.5. The van der Waals surface area contributed by atoms with Gasteiger partial charge in [0.05, 0.1) is 4.75 Å². The van der Waals surface area contributed by atoms with Gasteiger partial charge in [0, 0.05) is 29.9 Å². The average molecular weight is 430 g/mol. The number of aromatic amines is 1. The molecule has 0 radical (unpaired) electrons. The monoisotopic (exact) mass is 430 g/mol. The molecule has 0 unspecified atom stereocenters. The Morgan fingerprint density at radius 1 is 1.14 bits per heavy atom. The highest BCUT2D eigenvalue weighted by Gasteiger charge is 2.39. The zero-order valence-electron chi connectivity index (χ0n) is 16.5. The largest absolute Gasteiger partial charge is 0.433 e. The summed E-state index contributed by atoms with van der Waals surface area (Å²) in [5.41, 5.74) is -0.735. The molecule has 1 saturated carbocycles. The molecule has 1 aliphatic carbocycles. The zero-order chi connectivity index (χ0) is 21.4. The molecule has 29 heavy (non-hydrogen) atoms. The van der Waals surface area contributed by atoms with Gasteiger partial charge < -0.3 is 4.98 Å². The van der Waals surface area contributed by atoms with Crippen molar-refractivity contribution >= 4 is 10.0 Å². The Morgan fingerprint density at radius 3 is 2.31 bits per heavy atom. The Morgan fingerprint density at radius 2 is 1.79 bits per heavy atom. The molecule has 160 valence electrons. The van der Waals surface area contributed by atoms with Gasteiger partial charge in [0.1, 0.15) is 17.2 Å². The first kappa shape index (κ1) is 21.8. The number of alkyl halides is 3. The summed E-state index contributed by atoms with van der Waals surface area (Å²) in [5.74, 6) is 0.102. The van der Waals surface area contributed by atoms with E-state index >= 15 is 0 Å². The maximum Gasteiger partial charge on any atom is 0.433 e.